The van der Waals surface area contributed by atoms with Crippen LogP contribution in [0.25, 0.3) is 11.6 Å². The van der Waals surface area contributed by atoms with Crippen molar-refractivity contribution < 1.29 is 14.6 Å². The molecule has 0 saturated heterocycles. The summed E-state index contributed by atoms with van der Waals surface area (Å²) in [4.78, 5) is 20.7. The molecule has 0 radical (unpaired) electrons. The molecule has 0 atom stereocenters. The fourth-order valence-corrected chi connectivity index (χ4v) is 3.44. The number of nitro benzene ring substituents is 2. The Bertz CT molecular complexity index is 1240. The van der Waals surface area contributed by atoms with E-state index < -0.39 is 9.85 Å². The SMILES string of the molecule is N#C/C(=C/c1cc(Cl)c(OCc2cccc([N+](=O)[O-])c2)c(Cl)c1)c1ccc([N+](=O)[O-])cc1. The van der Waals surface area contributed by atoms with E-state index in [1.54, 1.807) is 30.3 Å². The first-order valence-electron chi connectivity index (χ1n) is 9.00. The molecule has 0 aromatic heterocycles. The molecule has 0 aliphatic rings. The van der Waals surface area contributed by atoms with Gasteiger partial charge >= 0.3 is 0 Å². The molecular formula is C22H13Cl2N3O5. The number of nitriles is 1. The number of hydrogen-bond donors (Lipinski definition) is 0. The predicted molar refractivity (Wildman–Crippen MR) is 120 cm³/mol. The molecule has 3 rings (SSSR count). The van der Waals surface area contributed by atoms with Crippen molar-refractivity contribution >= 4 is 46.2 Å². The minimum Gasteiger partial charge on any atom is -0.486 e. The third kappa shape index (κ3) is 5.40. The van der Waals surface area contributed by atoms with E-state index in [9.17, 15) is 25.5 Å². The number of nitro groups is 2. The van der Waals surface area contributed by atoms with Crippen LogP contribution in [0.15, 0.2) is 60.7 Å². The van der Waals surface area contributed by atoms with Crippen molar-refractivity contribution in [2.75, 3.05) is 0 Å². The number of rotatable bonds is 7. The lowest BCUT2D eigenvalue weighted by Gasteiger charge is -2.11. The second-order valence-corrected chi connectivity index (χ2v) is 7.32. The summed E-state index contributed by atoms with van der Waals surface area (Å²) in [5, 5.41) is 31.6. The molecule has 3 aromatic carbocycles. The molecule has 3 aromatic rings. The third-order valence-electron chi connectivity index (χ3n) is 4.35. The van der Waals surface area contributed by atoms with Crippen molar-refractivity contribution in [3.63, 3.8) is 0 Å². The summed E-state index contributed by atoms with van der Waals surface area (Å²) in [5.41, 5.74) is 1.72. The van der Waals surface area contributed by atoms with Crippen LogP contribution in [0.5, 0.6) is 5.75 Å². The van der Waals surface area contributed by atoms with E-state index in [4.69, 9.17) is 27.9 Å². The highest BCUT2D eigenvalue weighted by Crippen LogP contribution is 2.36. The molecule has 0 fully saturated rings. The number of nitrogens with zero attached hydrogens (tertiary/aromatic N) is 3. The Morgan fingerprint density at radius 2 is 1.59 bits per heavy atom. The van der Waals surface area contributed by atoms with Gasteiger partial charge < -0.3 is 4.74 Å². The molecule has 0 amide bonds. The van der Waals surface area contributed by atoms with Gasteiger partial charge in [-0.25, -0.2) is 0 Å². The molecule has 160 valence electrons. The summed E-state index contributed by atoms with van der Waals surface area (Å²) in [6.45, 7) is 0.0164. The van der Waals surface area contributed by atoms with Crippen LogP contribution in [-0.2, 0) is 6.61 Å². The molecule has 32 heavy (non-hydrogen) atoms. The van der Waals surface area contributed by atoms with Crippen molar-refractivity contribution in [1.82, 2.24) is 0 Å². The summed E-state index contributed by atoms with van der Waals surface area (Å²) in [7, 11) is 0. The molecule has 0 aliphatic heterocycles. The summed E-state index contributed by atoms with van der Waals surface area (Å²) in [5.74, 6) is 0.200. The zero-order valence-electron chi connectivity index (χ0n) is 16.2. The molecule has 0 heterocycles. The standard InChI is InChI=1S/C22H13Cl2N3O5/c23-20-10-15(8-17(12-25)16-4-6-18(7-5-16)26(28)29)11-21(24)22(20)32-13-14-2-1-3-19(9-14)27(30)31/h1-11H,13H2/b17-8-. The Morgan fingerprint density at radius 1 is 0.969 bits per heavy atom. The fourth-order valence-electron chi connectivity index (χ4n) is 2.83. The Labute approximate surface area is 192 Å². The number of halogens is 2. The van der Waals surface area contributed by atoms with E-state index in [-0.39, 0.29) is 39.3 Å². The van der Waals surface area contributed by atoms with Crippen molar-refractivity contribution in [2.45, 2.75) is 6.61 Å². The van der Waals surface area contributed by atoms with Crippen LogP contribution in [-0.4, -0.2) is 9.85 Å². The maximum Gasteiger partial charge on any atom is 0.269 e. The molecule has 0 saturated carbocycles. The molecule has 0 N–H and O–H groups in total. The summed E-state index contributed by atoms with van der Waals surface area (Å²) in [6, 6.07) is 16.7. The van der Waals surface area contributed by atoms with Crippen molar-refractivity contribution in [2.24, 2.45) is 0 Å². The van der Waals surface area contributed by atoms with E-state index in [1.165, 1.54) is 36.4 Å². The van der Waals surface area contributed by atoms with Gasteiger partial charge in [0.25, 0.3) is 11.4 Å². The van der Waals surface area contributed by atoms with Crippen LogP contribution in [0.1, 0.15) is 16.7 Å². The lowest BCUT2D eigenvalue weighted by atomic mass is 10.0. The summed E-state index contributed by atoms with van der Waals surface area (Å²) in [6.07, 6.45) is 1.54. The Balaban J connectivity index is 1.83. The molecule has 0 unspecified atom stereocenters. The lowest BCUT2D eigenvalue weighted by Crippen LogP contribution is -1.98. The highest BCUT2D eigenvalue weighted by molar-refractivity contribution is 6.37. The highest BCUT2D eigenvalue weighted by Gasteiger charge is 2.13. The van der Waals surface area contributed by atoms with Crippen LogP contribution in [0.3, 0.4) is 0 Å². The Hall–Kier alpha value is -3.93. The first kappa shape index (κ1) is 22.7. The average molecular weight is 470 g/mol. The molecule has 0 bridgehead atoms. The number of ether oxygens (including phenoxy) is 1. The maximum atomic E-state index is 10.9. The summed E-state index contributed by atoms with van der Waals surface area (Å²) < 4.78 is 5.66. The van der Waals surface area contributed by atoms with Gasteiger partial charge in [0, 0.05) is 24.3 Å². The largest absolute Gasteiger partial charge is 0.486 e. The van der Waals surface area contributed by atoms with E-state index in [0.717, 1.165) is 0 Å². The number of hydrogen-bond acceptors (Lipinski definition) is 6. The fraction of sp³-hybridized carbons (Fsp3) is 0.0455. The molecule has 0 aliphatic carbocycles. The zero-order chi connectivity index (χ0) is 23.3. The number of benzene rings is 3. The molecule has 0 spiro atoms. The van der Waals surface area contributed by atoms with E-state index >= 15 is 0 Å². The highest BCUT2D eigenvalue weighted by atomic mass is 35.5. The average Bonchev–Trinajstić information content (AvgIpc) is 2.77. The van der Waals surface area contributed by atoms with Crippen molar-refractivity contribution in [3.05, 3.63) is 108 Å². The van der Waals surface area contributed by atoms with Gasteiger partial charge in [0.2, 0.25) is 0 Å². The topological polar surface area (TPSA) is 119 Å². The van der Waals surface area contributed by atoms with Gasteiger partial charge in [-0.15, -0.1) is 0 Å². The second kappa shape index (κ2) is 9.92. The van der Waals surface area contributed by atoms with E-state index in [2.05, 4.69) is 0 Å². The third-order valence-corrected chi connectivity index (χ3v) is 4.91. The van der Waals surface area contributed by atoms with Crippen LogP contribution in [0, 0.1) is 31.6 Å². The van der Waals surface area contributed by atoms with Crippen LogP contribution >= 0.6 is 23.2 Å². The van der Waals surface area contributed by atoms with E-state index in [1.807, 2.05) is 6.07 Å². The minimum atomic E-state index is -0.522. The first-order valence-corrected chi connectivity index (χ1v) is 9.76. The smallest absolute Gasteiger partial charge is 0.269 e. The Kier molecular flexibility index (Phi) is 7.05. The normalized spacial score (nSPS) is 11.0. The van der Waals surface area contributed by atoms with E-state index in [0.29, 0.717) is 16.7 Å². The summed E-state index contributed by atoms with van der Waals surface area (Å²) >= 11 is 12.6. The van der Waals surface area contributed by atoms with Gasteiger partial charge in [0.05, 0.1) is 31.5 Å². The van der Waals surface area contributed by atoms with Crippen molar-refractivity contribution in [3.8, 4) is 11.8 Å². The van der Waals surface area contributed by atoms with Gasteiger partial charge in [-0.2, -0.15) is 5.26 Å². The van der Waals surface area contributed by atoms with Gasteiger partial charge in [-0.3, -0.25) is 20.2 Å². The zero-order valence-corrected chi connectivity index (χ0v) is 17.7. The van der Waals surface area contributed by atoms with Crippen LogP contribution < -0.4 is 4.74 Å². The number of non-ortho nitro benzene ring substituents is 2. The van der Waals surface area contributed by atoms with Crippen LogP contribution in [0.4, 0.5) is 11.4 Å². The molecule has 10 heteroatoms. The van der Waals surface area contributed by atoms with Gasteiger partial charge in [-0.05, 0) is 47.0 Å². The number of allylic oxidation sites excluding steroid dienone is 1. The second-order valence-electron chi connectivity index (χ2n) is 6.50. The van der Waals surface area contributed by atoms with Gasteiger partial charge in [0.1, 0.15) is 6.61 Å². The molecular weight excluding hydrogens is 457 g/mol. The van der Waals surface area contributed by atoms with Gasteiger partial charge in [0.15, 0.2) is 5.75 Å². The lowest BCUT2D eigenvalue weighted by molar-refractivity contribution is -0.385. The van der Waals surface area contributed by atoms with Crippen LogP contribution in [0.2, 0.25) is 10.0 Å². The van der Waals surface area contributed by atoms with Gasteiger partial charge in [-0.1, -0.05) is 35.3 Å². The predicted octanol–water partition coefficient (Wildman–Crippen LogP) is 6.45. The monoisotopic (exact) mass is 469 g/mol. The maximum absolute atomic E-state index is 10.9. The van der Waals surface area contributed by atoms with Crippen molar-refractivity contribution in [1.29, 1.82) is 5.26 Å². The molecule has 8 nitrogen and oxygen atoms in total. The first-order chi connectivity index (χ1) is 15.3. The minimum absolute atomic E-state index is 0.0164. The quantitative estimate of drug-likeness (QED) is 0.169. The Morgan fingerprint density at radius 3 is 2.16 bits per heavy atom.